The second-order valence-electron chi connectivity index (χ2n) is 3.92. The Morgan fingerprint density at radius 3 is 2.67 bits per heavy atom. The summed E-state index contributed by atoms with van der Waals surface area (Å²) in [5, 5.41) is 11.8. The Balaban J connectivity index is 2.86. The average molecular weight is 169 g/mol. The van der Waals surface area contributed by atoms with E-state index in [1.165, 1.54) is 0 Å². The maximum atomic E-state index is 8.62. The van der Waals surface area contributed by atoms with E-state index in [0.29, 0.717) is 5.71 Å². The van der Waals surface area contributed by atoms with Gasteiger partial charge in [0.25, 0.3) is 0 Å². The van der Waals surface area contributed by atoms with Gasteiger partial charge >= 0.3 is 0 Å². The molecule has 0 aromatic carbocycles. The fourth-order valence-corrected chi connectivity index (χ4v) is 1.51. The first-order valence-corrected chi connectivity index (χ1v) is 4.03. The van der Waals surface area contributed by atoms with Gasteiger partial charge in [0, 0.05) is 12.5 Å². The van der Waals surface area contributed by atoms with Gasteiger partial charge in [-0.05, 0) is 11.8 Å². The Bertz CT molecular complexity index is 229. The summed E-state index contributed by atoms with van der Waals surface area (Å²) >= 11 is 0. The van der Waals surface area contributed by atoms with Crippen LogP contribution in [-0.2, 0) is 4.74 Å². The highest BCUT2D eigenvalue weighted by Gasteiger charge is 2.27. The van der Waals surface area contributed by atoms with E-state index in [4.69, 9.17) is 9.94 Å². The van der Waals surface area contributed by atoms with Crippen molar-refractivity contribution in [1.82, 2.24) is 0 Å². The van der Waals surface area contributed by atoms with Crippen molar-refractivity contribution < 1.29 is 9.94 Å². The molecule has 0 amide bonds. The fourth-order valence-electron chi connectivity index (χ4n) is 1.51. The first kappa shape index (κ1) is 9.10. The minimum atomic E-state index is 0.141. The standard InChI is InChI=1S/C9H15NO2/c1-9(2)5-7(10-11)4-8(6-9)12-3/h4,11H,5-6H2,1-3H3. The Labute approximate surface area is 72.7 Å². The van der Waals surface area contributed by atoms with Crippen LogP contribution in [0.25, 0.3) is 0 Å². The molecule has 0 aromatic rings. The number of rotatable bonds is 1. The van der Waals surface area contributed by atoms with E-state index in [1.807, 2.05) is 0 Å². The van der Waals surface area contributed by atoms with E-state index in [9.17, 15) is 0 Å². The van der Waals surface area contributed by atoms with Crippen molar-refractivity contribution in [3.05, 3.63) is 11.8 Å². The molecule has 1 aliphatic carbocycles. The van der Waals surface area contributed by atoms with Gasteiger partial charge in [-0.3, -0.25) is 0 Å². The largest absolute Gasteiger partial charge is 0.501 e. The molecule has 1 rings (SSSR count). The van der Waals surface area contributed by atoms with Gasteiger partial charge in [-0.15, -0.1) is 0 Å². The molecule has 0 heterocycles. The van der Waals surface area contributed by atoms with Gasteiger partial charge in [-0.2, -0.15) is 0 Å². The first-order valence-electron chi connectivity index (χ1n) is 4.03. The molecule has 3 nitrogen and oxygen atoms in total. The summed E-state index contributed by atoms with van der Waals surface area (Å²) in [7, 11) is 1.64. The van der Waals surface area contributed by atoms with Gasteiger partial charge in [0.05, 0.1) is 18.6 Å². The molecule has 0 atom stereocenters. The van der Waals surface area contributed by atoms with Gasteiger partial charge in [-0.1, -0.05) is 19.0 Å². The SMILES string of the molecule is COC1=CC(=NO)CC(C)(C)C1. The molecule has 0 unspecified atom stereocenters. The number of oxime groups is 1. The number of methoxy groups -OCH3 is 1. The van der Waals surface area contributed by atoms with Crippen molar-refractivity contribution in [2.24, 2.45) is 10.6 Å². The van der Waals surface area contributed by atoms with E-state index in [-0.39, 0.29) is 5.41 Å². The molecule has 0 fully saturated rings. The Kier molecular flexibility index (Phi) is 2.40. The monoisotopic (exact) mass is 169 g/mol. The van der Waals surface area contributed by atoms with E-state index >= 15 is 0 Å². The molecule has 1 aliphatic rings. The third kappa shape index (κ3) is 2.00. The van der Waals surface area contributed by atoms with E-state index in [0.717, 1.165) is 18.6 Å². The lowest BCUT2D eigenvalue weighted by molar-refractivity contribution is 0.222. The molecule has 0 aromatic heterocycles. The third-order valence-corrected chi connectivity index (χ3v) is 2.03. The summed E-state index contributed by atoms with van der Waals surface area (Å²) in [6.07, 6.45) is 3.50. The van der Waals surface area contributed by atoms with Crippen LogP contribution in [0.1, 0.15) is 26.7 Å². The highest BCUT2D eigenvalue weighted by Crippen LogP contribution is 2.33. The van der Waals surface area contributed by atoms with Crippen LogP contribution in [0.5, 0.6) is 0 Å². The highest BCUT2D eigenvalue weighted by atomic mass is 16.5. The van der Waals surface area contributed by atoms with Crippen molar-refractivity contribution in [2.45, 2.75) is 26.7 Å². The summed E-state index contributed by atoms with van der Waals surface area (Å²) in [5.41, 5.74) is 0.838. The molecule has 0 saturated carbocycles. The van der Waals surface area contributed by atoms with Crippen LogP contribution in [0.2, 0.25) is 0 Å². The third-order valence-electron chi connectivity index (χ3n) is 2.03. The van der Waals surface area contributed by atoms with Crippen molar-refractivity contribution in [3.8, 4) is 0 Å². The lowest BCUT2D eigenvalue weighted by Gasteiger charge is -2.28. The lowest BCUT2D eigenvalue weighted by atomic mass is 9.79. The number of hydrogen-bond acceptors (Lipinski definition) is 3. The maximum Gasteiger partial charge on any atom is 0.0980 e. The lowest BCUT2D eigenvalue weighted by Crippen LogP contribution is -2.22. The molecule has 1 N–H and O–H groups in total. The summed E-state index contributed by atoms with van der Waals surface area (Å²) in [6, 6.07) is 0. The zero-order chi connectivity index (χ0) is 9.19. The number of ether oxygens (including phenoxy) is 1. The van der Waals surface area contributed by atoms with E-state index in [2.05, 4.69) is 19.0 Å². The molecule has 0 aliphatic heterocycles. The molecule has 0 saturated heterocycles. The Hall–Kier alpha value is -0.990. The Morgan fingerprint density at radius 2 is 2.17 bits per heavy atom. The molecule has 0 radical (unpaired) electrons. The van der Waals surface area contributed by atoms with Gasteiger partial charge in [0.2, 0.25) is 0 Å². The zero-order valence-electron chi connectivity index (χ0n) is 7.79. The van der Waals surface area contributed by atoms with Crippen molar-refractivity contribution in [2.75, 3.05) is 7.11 Å². The first-order chi connectivity index (χ1) is 5.57. The van der Waals surface area contributed by atoms with Gasteiger partial charge in [0.15, 0.2) is 0 Å². The predicted octanol–water partition coefficient (Wildman–Crippen LogP) is 2.17. The zero-order valence-corrected chi connectivity index (χ0v) is 7.79. The van der Waals surface area contributed by atoms with E-state index in [1.54, 1.807) is 13.2 Å². The Morgan fingerprint density at radius 1 is 1.50 bits per heavy atom. The van der Waals surface area contributed by atoms with Crippen molar-refractivity contribution in [3.63, 3.8) is 0 Å². The minimum absolute atomic E-state index is 0.141. The second-order valence-corrected chi connectivity index (χ2v) is 3.92. The van der Waals surface area contributed by atoms with Crippen LogP contribution in [0.3, 0.4) is 0 Å². The minimum Gasteiger partial charge on any atom is -0.501 e. The number of nitrogens with zero attached hydrogens (tertiary/aromatic N) is 1. The van der Waals surface area contributed by atoms with Crippen LogP contribution in [0.15, 0.2) is 17.0 Å². The fraction of sp³-hybridized carbons (Fsp3) is 0.667. The topological polar surface area (TPSA) is 41.8 Å². The predicted molar refractivity (Wildman–Crippen MR) is 47.3 cm³/mol. The highest BCUT2D eigenvalue weighted by molar-refractivity contribution is 5.96. The molecule has 68 valence electrons. The van der Waals surface area contributed by atoms with Crippen LogP contribution < -0.4 is 0 Å². The average Bonchev–Trinajstić information content (AvgIpc) is 2.01. The number of allylic oxidation sites excluding steroid dienone is 2. The quantitative estimate of drug-likeness (QED) is 0.482. The summed E-state index contributed by atoms with van der Waals surface area (Å²) < 4.78 is 5.13. The van der Waals surface area contributed by atoms with Gasteiger partial charge in [0.1, 0.15) is 0 Å². The molecular weight excluding hydrogens is 154 g/mol. The molecular formula is C9H15NO2. The molecule has 3 heteroatoms. The molecule has 0 spiro atoms. The van der Waals surface area contributed by atoms with Crippen LogP contribution in [-0.4, -0.2) is 18.0 Å². The van der Waals surface area contributed by atoms with Crippen molar-refractivity contribution >= 4 is 5.71 Å². The van der Waals surface area contributed by atoms with Gasteiger partial charge in [-0.25, -0.2) is 0 Å². The molecule has 0 bridgehead atoms. The summed E-state index contributed by atoms with van der Waals surface area (Å²) in [6.45, 7) is 4.26. The van der Waals surface area contributed by atoms with Crippen molar-refractivity contribution in [1.29, 1.82) is 0 Å². The summed E-state index contributed by atoms with van der Waals surface area (Å²) in [4.78, 5) is 0. The van der Waals surface area contributed by atoms with Crippen LogP contribution in [0.4, 0.5) is 0 Å². The van der Waals surface area contributed by atoms with E-state index < -0.39 is 0 Å². The van der Waals surface area contributed by atoms with Crippen LogP contribution >= 0.6 is 0 Å². The van der Waals surface area contributed by atoms with Gasteiger partial charge < -0.3 is 9.94 Å². The summed E-state index contributed by atoms with van der Waals surface area (Å²) in [5.74, 6) is 0.888. The molecule has 12 heavy (non-hydrogen) atoms. The second kappa shape index (κ2) is 3.17. The normalized spacial score (nSPS) is 25.2. The van der Waals surface area contributed by atoms with Crippen LogP contribution in [0, 0.1) is 5.41 Å². The maximum absolute atomic E-state index is 8.62. The smallest absolute Gasteiger partial charge is 0.0980 e. The number of hydrogen-bond donors (Lipinski definition) is 1.